The average molecular weight is 438 g/mol. The third-order valence-corrected chi connectivity index (χ3v) is 6.19. The zero-order chi connectivity index (χ0) is 21.2. The van der Waals surface area contributed by atoms with Gasteiger partial charge in [-0.2, -0.15) is 9.82 Å². The van der Waals surface area contributed by atoms with Crippen molar-refractivity contribution in [2.24, 2.45) is 0 Å². The summed E-state index contributed by atoms with van der Waals surface area (Å²) in [7, 11) is -3.94. The van der Waals surface area contributed by atoms with Crippen LogP contribution in [0, 0.1) is 13.8 Å². The summed E-state index contributed by atoms with van der Waals surface area (Å²) in [6, 6.07) is 6.17. The molecule has 2 N–H and O–H groups in total. The summed E-state index contributed by atoms with van der Waals surface area (Å²) < 4.78 is 33.9. The Hall–Kier alpha value is -2.69. The SMILES string of the molecule is Cc1noc(C)c1S(=O)(=O)N[C@@H](C)C(=O)NCc1cnn(-c2ccc(Cl)cc2)c1. The second-order valence-corrected chi connectivity index (χ2v) is 8.57. The number of nitrogens with one attached hydrogen (secondary N) is 2. The fraction of sp³-hybridized carbons (Fsp3) is 0.278. The predicted molar refractivity (Wildman–Crippen MR) is 106 cm³/mol. The second-order valence-electron chi connectivity index (χ2n) is 6.48. The summed E-state index contributed by atoms with van der Waals surface area (Å²) >= 11 is 5.88. The van der Waals surface area contributed by atoms with E-state index in [0.717, 1.165) is 11.3 Å². The summed E-state index contributed by atoms with van der Waals surface area (Å²) in [5.41, 5.74) is 1.82. The van der Waals surface area contributed by atoms with E-state index in [2.05, 4.69) is 20.3 Å². The van der Waals surface area contributed by atoms with Gasteiger partial charge < -0.3 is 9.84 Å². The Morgan fingerprint density at radius 3 is 2.59 bits per heavy atom. The van der Waals surface area contributed by atoms with Crippen LogP contribution in [0.3, 0.4) is 0 Å². The number of benzene rings is 1. The first-order chi connectivity index (χ1) is 13.7. The quantitative estimate of drug-likeness (QED) is 0.584. The Morgan fingerprint density at radius 2 is 1.97 bits per heavy atom. The Bertz CT molecular complexity index is 1100. The predicted octanol–water partition coefficient (Wildman–Crippen LogP) is 2.11. The van der Waals surface area contributed by atoms with E-state index >= 15 is 0 Å². The molecule has 0 aliphatic rings. The van der Waals surface area contributed by atoms with Crippen molar-refractivity contribution in [2.75, 3.05) is 0 Å². The zero-order valence-corrected chi connectivity index (χ0v) is 17.6. The van der Waals surface area contributed by atoms with E-state index in [0.29, 0.717) is 5.02 Å². The Morgan fingerprint density at radius 1 is 1.28 bits per heavy atom. The molecule has 0 unspecified atom stereocenters. The van der Waals surface area contributed by atoms with Crippen molar-refractivity contribution in [2.45, 2.75) is 38.3 Å². The van der Waals surface area contributed by atoms with Crippen LogP contribution in [0.1, 0.15) is 23.9 Å². The highest BCUT2D eigenvalue weighted by atomic mass is 35.5. The maximum absolute atomic E-state index is 12.5. The molecule has 0 radical (unpaired) electrons. The molecule has 0 saturated heterocycles. The van der Waals surface area contributed by atoms with Gasteiger partial charge in [0, 0.05) is 23.3 Å². The molecule has 29 heavy (non-hydrogen) atoms. The second kappa shape index (κ2) is 8.36. The highest BCUT2D eigenvalue weighted by Crippen LogP contribution is 2.19. The van der Waals surface area contributed by atoms with Crippen molar-refractivity contribution in [1.82, 2.24) is 25.0 Å². The minimum Gasteiger partial charge on any atom is -0.360 e. The summed E-state index contributed by atoms with van der Waals surface area (Å²) in [6.07, 6.45) is 3.38. The maximum Gasteiger partial charge on any atom is 0.246 e. The first-order valence-corrected chi connectivity index (χ1v) is 10.6. The number of nitrogens with zero attached hydrogens (tertiary/aromatic N) is 3. The van der Waals surface area contributed by atoms with Gasteiger partial charge in [0.25, 0.3) is 0 Å². The Balaban J connectivity index is 1.60. The largest absolute Gasteiger partial charge is 0.360 e. The number of aromatic nitrogens is 3. The Labute approximate surface area is 173 Å². The topological polar surface area (TPSA) is 119 Å². The molecule has 1 amide bonds. The van der Waals surface area contributed by atoms with Crippen LogP contribution in [0.2, 0.25) is 5.02 Å². The molecule has 0 aliphatic carbocycles. The molecule has 0 spiro atoms. The number of hydrogen-bond acceptors (Lipinski definition) is 6. The van der Waals surface area contributed by atoms with Gasteiger partial charge in [0.1, 0.15) is 10.6 Å². The lowest BCUT2D eigenvalue weighted by Gasteiger charge is -2.14. The van der Waals surface area contributed by atoms with Crippen molar-refractivity contribution in [3.05, 3.63) is 58.7 Å². The molecule has 0 saturated carbocycles. The lowest BCUT2D eigenvalue weighted by molar-refractivity contribution is -0.122. The molecule has 0 aliphatic heterocycles. The standard InChI is InChI=1S/C18H20ClN5O4S/c1-11-17(13(3)28-22-11)29(26,27)23-12(2)18(25)20-8-14-9-21-24(10-14)16-6-4-15(19)5-7-16/h4-7,9-10,12,23H,8H2,1-3H3,(H,20,25)/t12-/m0/s1. The average Bonchev–Trinajstić information content (AvgIpc) is 3.26. The third kappa shape index (κ3) is 4.84. The van der Waals surface area contributed by atoms with E-state index in [1.54, 1.807) is 29.2 Å². The maximum atomic E-state index is 12.5. The fourth-order valence-corrected chi connectivity index (χ4v) is 4.39. The van der Waals surface area contributed by atoms with Crippen LogP contribution in [0.15, 0.2) is 46.1 Å². The first kappa shape index (κ1) is 21.0. The minimum absolute atomic E-state index is 0.0543. The monoisotopic (exact) mass is 437 g/mol. The highest BCUT2D eigenvalue weighted by Gasteiger charge is 2.28. The van der Waals surface area contributed by atoms with Gasteiger partial charge in [-0.3, -0.25) is 4.79 Å². The summed E-state index contributed by atoms with van der Waals surface area (Å²) in [4.78, 5) is 12.3. The van der Waals surface area contributed by atoms with Gasteiger partial charge in [-0.05, 0) is 45.0 Å². The fourth-order valence-electron chi connectivity index (χ4n) is 2.73. The summed E-state index contributed by atoms with van der Waals surface area (Å²) in [6.45, 7) is 4.68. The number of carbonyl (C=O) groups is 1. The molecule has 11 heteroatoms. The Kier molecular flexibility index (Phi) is 6.06. The minimum atomic E-state index is -3.94. The molecule has 3 aromatic rings. The number of amides is 1. The molecule has 0 bridgehead atoms. The van der Waals surface area contributed by atoms with Crippen molar-refractivity contribution in [3.63, 3.8) is 0 Å². The molecular weight excluding hydrogens is 418 g/mol. The third-order valence-electron chi connectivity index (χ3n) is 4.16. The van der Waals surface area contributed by atoms with Gasteiger partial charge in [0.2, 0.25) is 15.9 Å². The molecule has 1 aromatic carbocycles. The number of rotatable bonds is 7. The molecule has 1 atom stereocenters. The molecule has 9 nitrogen and oxygen atoms in total. The molecule has 154 valence electrons. The first-order valence-electron chi connectivity index (χ1n) is 8.70. The van der Waals surface area contributed by atoms with E-state index < -0.39 is 22.0 Å². The van der Waals surface area contributed by atoms with Crippen LogP contribution in [-0.2, 0) is 21.4 Å². The lowest BCUT2D eigenvalue weighted by atomic mass is 10.3. The van der Waals surface area contributed by atoms with Crippen LogP contribution in [0.25, 0.3) is 5.69 Å². The van der Waals surface area contributed by atoms with Gasteiger partial charge in [-0.15, -0.1) is 0 Å². The van der Waals surface area contributed by atoms with Gasteiger partial charge in [-0.1, -0.05) is 16.8 Å². The number of halogens is 1. The number of sulfonamides is 1. The molecule has 3 rings (SSSR count). The number of carbonyl (C=O) groups excluding carboxylic acids is 1. The van der Waals surface area contributed by atoms with Crippen LogP contribution >= 0.6 is 11.6 Å². The molecule has 2 heterocycles. The molecule has 0 fully saturated rings. The van der Waals surface area contributed by atoms with E-state index in [4.69, 9.17) is 16.1 Å². The summed E-state index contributed by atoms with van der Waals surface area (Å²) in [5.74, 6) is -0.309. The van der Waals surface area contributed by atoms with Gasteiger partial charge in [0.15, 0.2) is 5.76 Å². The number of aryl methyl sites for hydroxylation is 2. The van der Waals surface area contributed by atoms with Crippen LogP contribution in [0.5, 0.6) is 0 Å². The van der Waals surface area contributed by atoms with Crippen LogP contribution in [0.4, 0.5) is 0 Å². The van der Waals surface area contributed by atoms with E-state index in [1.807, 2.05) is 12.1 Å². The van der Waals surface area contributed by atoms with Crippen LogP contribution < -0.4 is 10.0 Å². The zero-order valence-electron chi connectivity index (χ0n) is 16.0. The highest BCUT2D eigenvalue weighted by molar-refractivity contribution is 7.89. The smallest absolute Gasteiger partial charge is 0.246 e. The molecule has 2 aromatic heterocycles. The van der Waals surface area contributed by atoms with Crippen molar-refractivity contribution < 1.29 is 17.7 Å². The van der Waals surface area contributed by atoms with E-state index in [-0.39, 0.29) is 22.9 Å². The normalized spacial score (nSPS) is 12.7. The van der Waals surface area contributed by atoms with Crippen molar-refractivity contribution in [3.8, 4) is 5.69 Å². The molecular formula is C18H20ClN5O4S. The van der Waals surface area contributed by atoms with Crippen molar-refractivity contribution in [1.29, 1.82) is 0 Å². The summed E-state index contributed by atoms with van der Waals surface area (Å²) in [5, 5.41) is 11.2. The lowest BCUT2D eigenvalue weighted by Crippen LogP contribution is -2.44. The number of hydrogen-bond donors (Lipinski definition) is 2. The van der Waals surface area contributed by atoms with Gasteiger partial charge in [0.05, 0.1) is 17.9 Å². The van der Waals surface area contributed by atoms with Gasteiger partial charge in [-0.25, -0.2) is 13.1 Å². The van der Waals surface area contributed by atoms with Gasteiger partial charge >= 0.3 is 0 Å². The van der Waals surface area contributed by atoms with E-state index in [1.165, 1.54) is 20.8 Å². The van der Waals surface area contributed by atoms with Crippen LogP contribution in [-0.4, -0.2) is 35.3 Å². The van der Waals surface area contributed by atoms with E-state index in [9.17, 15) is 13.2 Å². The van der Waals surface area contributed by atoms with Crippen molar-refractivity contribution >= 4 is 27.5 Å².